The molecule has 1 N–H and O–H groups in total. The molecule has 0 saturated carbocycles. The van der Waals surface area contributed by atoms with Crippen molar-refractivity contribution >= 4 is 16.9 Å². The zero-order valence-corrected chi connectivity index (χ0v) is 12.0. The summed E-state index contributed by atoms with van der Waals surface area (Å²) < 4.78 is 0. The van der Waals surface area contributed by atoms with Crippen molar-refractivity contribution in [2.75, 3.05) is 18.0 Å². The molecule has 1 fully saturated rings. The van der Waals surface area contributed by atoms with E-state index in [-0.39, 0.29) is 0 Å². The van der Waals surface area contributed by atoms with Crippen LogP contribution in [0.3, 0.4) is 0 Å². The molecule has 0 aromatic carbocycles. The minimum absolute atomic E-state index is 0.919. The Morgan fingerprint density at radius 2 is 1.90 bits per heavy atom. The van der Waals surface area contributed by atoms with E-state index < -0.39 is 0 Å². The van der Waals surface area contributed by atoms with Crippen LogP contribution in [-0.2, 0) is 0 Å². The van der Waals surface area contributed by atoms with Gasteiger partial charge >= 0.3 is 0 Å². The van der Waals surface area contributed by atoms with Gasteiger partial charge in [0.05, 0.1) is 0 Å². The molecule has 0 unspecified atom stereocenters. The molecular weight excluding hydrogens is 262 g/mol. The van der Waals surface area contributed by atoms with E-state index in [1.165, 1.54) is 18.4 Å². The van der Waals surface area contributed by atoms with E-state index in [4.69, 9.17) is 0 Å². The summed E-state index contributed by atoms with van der Waals surface area (Å²) >= 11 is 0. The van der Waals surface area contributed by atoms with Crippen LogP contribution in [0.15, 0.2) is 30.9 Å². The third-order valence-corrected chi connectivity index (χ3v) is 4.10. The molecule has 0 atom stereocenters. The van der Waals surface area contributed by atoms with Gasteiger partial charge in [-0.15, -0.1) is 0 Å². The number of aromatic nitrogens is 4. The first-order chi connectivity index (χ1) is 10.3. The molecule has 0 radical (unpaired) electrons. The van der Waals surface area contributed by atoms with E-state index in [1.807, 2.05) is 12.4 Å². The summed E-state index contributed by atoms with van der Waals surface area (Å²) in [7, 11) is 0. The highest BCUT2D eigenvalue weighted by Gasteiger charge is 2.19. The summed E-state index contributed by atoms with van der Waals surface area (Å²) in [5.41, 5.74) is 4.07. The number of aryl methyl sites for hydroxylation is 1. The van der Waals surface area contributed by atoms with Crippen molar-refractivity contribution in [2.45, 2.75) is 19.8 Å². The molecule has 0 aliphatic carbocycles. The number of aromatic amines is 1. The molecule has 1 aliphatic heterocycles. The Kier molecular flexibility index (Phi) is 2.84. The molecular formula is C16H17N5. The molecule has 4 rings (SSSR count). The minimum Gasteiger partial charge on any atom is -0.355 e. The van der Waals surface area contributed by atoms with Crippen molar-refractivity contribution in [1.82, 2.24) is 19.9 Å². The number of H-pyrrole nitrogens is 1. The third kappa shape index (κ3) is 2.05. The maximum Gasteiger partial charge on any atom is 0.155 e. The largest absolute Gasteiger partial charge is 0.355 e. The zero-order chi connectivity index (χ0) is 14.2. The molecule has 5 nitrogen and oxygen atoms in total. The molecule has 1 aliphatic rings. The Morgan fingerprint density at radius 1 is 1.10 bits per heavy atom. The average molecular weight is 279 g/mol. The first-order valence-corrected chi connectivity index (χ1v) is 7.33. The van der Waals surface area contributed by atoms with Gasteiger partial charge in [-0.2, -0.15) is 0 Å². The monoisotopic (exact) mass is 279 g/mol. The second kappa shape index (κ2) is 4.84. The predicted octanol–water partition coefficient (Wildman–Crippen LogP) is 2.93. The lowest BCUT2D eigenvalue weighted by Gasteiger charge is -2.18. The van der Waals surface area contributed by atoms with Crippen LogP contribution < -0.4 is 4.90 Å². The highest BCUT2D eigenvalue weighted by molar-refractivity contribution is 5.85. The zero-order valence-electron chi connectivity index (χ0n) is 12.0. The maximum absolute atomic E-state index is 4.56. The highest BCUT2D eigenvalue weighted by Crippen LogP contribution is 2.30. The Balaban J connectivity index is 1.85. The second-order valence-corrected chi connectivity index (χ2v) is 5.51. The molecule has 3 aromatic rings. The van der Waals surface area contributed by atoms with Crippen LogP contribution >= 0.6 is 0 Å². The minimum atomic E-state index is 0.919. The number of rotatable bonds is 2. The first-order valence-electron chi connectivity index (χ1n) is 7.33. The lowest BCUT2D eigenvalue weighted by molar-refractivity contribution is 0.929. The van der Waals surface area contributed by atoms with Gasteiger partial charge in [-0.05, 0) is 31.4 Å². The van der Waals surface area contributed by atoms with Gasteiger partial charge in [0.15, 0.2) is 5.82 Å². The van der Waals surface area contributed by atoms with Crippen LogP contribution in [0, 0.1) is 6.92 Å². The Morgan fingerprint density at radius 3 is 2.76 bits per heavy atom. The average Bonchev–Trinajstić information content (AvgIpc) is 3.18. The fourth-order valence-corrected chi connectivity index (χ4v) is 2.96. The van der Waals surface area contributed by atoms with Crippen molar-refractivity contribution in [3.8, 4) is 11.3 Å². The quantitative estimate of drug-likeness (QED) is 0.783. The van der Waals surface area contributed by atoms with Crippen LogP contribution in [0.4, 0.5) is 5.82 Å². The Labute approximate surface area is 123 Å². The number of hydrogen-bond acceptors (Lipinski definition) is 4. The van der Waals surface area contributed by atoms with E-state index in [1.54, 1.807) is 12.4 Å². The first kappa shape index (κ1) is 12.3. The van der Waals surface area contributed by atoms with E-state index in [0.29, 0.717) is 0 Å². The lowest BCUT2D eigenvalue weighted by atomic mass is 10.1. The van der Waals surface area contributed by atoms with Gasteiger partial charge in [-0.25, -0.2) is 9.97 Å². The van der Waals surface area contributed by atoms with E-state index in [9.17, 15) is 0 Å². The van der Waals surface area contributed by atoms with Crippen LogP contribution in [0.25, 0.3) is 22.3 Å². The van der Waals surface area contributed by atoms with E-state index in [0.717, 1.165) is 41.2 Å². The number of nitrogens with zero attached hydrogens (tertiary/aromatic N) is 4. The van der Waals surface area contributed by atoms with Gasteiger partial charge in [0.1, 0.15) is 11.3 Å². The fraction of sp³-hybridized carbons (Fsp3) is 0.312. The van der Waals surface area contributed by atoms with Gasteiger partial charge in [-0.3, -0.25) is 4.98 Å². The number of fused-ring (bicyclic) bond motifs is 1. The van der Waals surface area contributed by atoms with Gasteiger partial charge in [0.2, 0.25) is 0 Å². The van der Waals surface area contributed by atoms with Crippen LogP contribution in [0.5, 0.6) is 0 Å². The van der Waals surface area contributed by atoms with Crippen LogP contribution in [0.2, 0.25) is 0 Å². The van der Waals surface area contributed by atoms with E-state index in [2.05, 4.69) is 37.8 Å². The molecule has 5 heteroatoms. The predicted molar refractivity (Wildman–Crippen MR) is 83.3 cm³/mol. The molecule has 1 saturated heterocycles. The second-order valence-electron chi connectivity index (χ2n) is 5.51. The number of nitrogens with one attached hydrogen (secondary N) is 1. The van der Waals surface area contributed by atoms with Crippen molar-refractivity contribution in [1.29, 1.82) is 0 Å². The van der Waals surface area contributed by atoms with Crippen LogP contribution in [-0.4, -0.2) is 33.0 Å². The van der Waals surface area contributed by atoms with Crippen molar-refractivity contribution < 1.29 is 0 Å². The molecule has 21 heavy (non-hydrogen) atoms. The number of anilines is 1. The standard InChI is InChI=1S/C16H17N5/c1-11-9-19-15-13(11)8-12(10-20-15)14-16(18-5-4-17-14)21-6-2-3-7-21/h4-5,8-10H,2-3,6-7H2,1H3,(H,19,20). The van der Waals surface area contributed by atoms with Gasteiger partial charge in [0.25, 0.3) is 0 Å². The van der Waals surface area contributed by atoms with Crippen molar-refractivity contribution in [3.63, 3.8) is 0 Å². The summed E-state index contributed by atoms with van der Waals surface area (Å²) in [6.45, 7) is 4.21. The smallest absolute Gasteiger partial charge is 0.155 e. The number of hydrogen-bond donors (Lipinski definition) is 1. The molecule has 106 valence electrons. The van der Waals surface area contributed by atoms with Crippen molar-refractivity contribution in [2.24, 2.45) is 0 Å². The third-order valence-electron chi connectivity index (χ3n) is 4.10. The number of pyridine rings is 1. The maximum atomic E-state index is 4.56. The summed E-state index contributed by atoms with van der Waals surface area (Å²) in [6.07, 6.45) is 9.84. The summed E-state index contributed by atoms with van der Waals surface area (Å²) in [4.78, 5) is 19.1. The molecule has 0 amide bonds. The SMILES string of the molecule is Cc1c[nH]c2ncc(-c3nccnc3N3CCCC3)cc12. The van der Waals surface area contributed by atoms with Gasteiger partial charge in [0, 0.05) is 48.8 Å². The topological polar surface area (TPSA) is 57.7 Å². The highest BCUT2D eigenvalue weighted by atomic mass is 15.2. The lowest BCUT2D eigenvalue weighted by Crippen LogP contribution is -2.20. The summed E-state index contributed by atoms with van der Waals surface area (Å²) in [6, 6.07) is 2.15. The summed E-state index contributed by atoms with van der Waals surface area (Å²) in [5.74, 6) is 0.976. The Hall–Kier alpha value is -2.43. The van der Waals surface area contributed by atoms with Crippen molar-refractivity contribution in [3.05, 3.63) is 36.4 Å². The molecule has 0 bridgehead atoms. The van der Waals surface area contributed by atoms with Gasteiger partial charge < -0.3 is 9.88 Å². The van der Waals surface area contributed by atoms with Gasteiger partial charge in [-0.1, -0.05) is 0 Å². The molecule has 4 heterocycles. The molecule has 3 aromatic heterocycles. The van der Waals surface area contributed by atoms with E-state index >= 15 is 0 Å². The Bertz CT molecular complexity index is 786. The van der Waals surface area contributed by atoms with Crippen LogP contribution in [0.1, 0.15) is 18.4 Å². The fourth-order valence-electron chi connectivity index (χ4n) is 2.96. The molecule has 0 spiro atoms. The summed E-state index contributed by atoms with van der Waals surface area (Å²) in [5, 5.41) is 1.14. The normalized spacial score (nSPS) is 15.0.